The number of benzene rings is 2. The Hall–Kier alpha value is -2.73. The molecule has 0 atom stereocenters. The van der Waals surface area contributed by atoms with Crippen LogP contribution in [0.2, 0.25) is 0 Å². The van der Waals surface area contributed by atoms with Crippen molar-refractivity contribution in [2.75, 3.05) is 6.54 Å². The van der Waals surface area contributed by atoms with Crippen molar-refractivity contribution >= 4 is 34.6 Å². The number of carbonyl (C=O) groups excluding carboxylic acids is 1. The zero-order valence-electron chi connectivity index (χ0n) is 13.0. The molecule has 0 aliphatic carbocycles. The summed E-state index contributed by atoms with van der Waals surface area (Å²) in [5.74, 6) is 0.273. The number of nitrogens with zero attached hydrogens (tertiary/aromatic N) is 2. The number of phenols is 2. The van der Waals surface area contributed by atoms with Gasteiger partial charge in [-0.2, -0.15) is 0 Å². The van der Waals surface area contributed by atoms with Crippen LogP contribution in [0, 0.1) is 0 Å². The summed E-state index contributed by atoms with van der Waals surface area (Å²) in [6.07, 6.45) is 1.79. The summed E-state index contributed by atoms with van der Waals surface area (Å²) in [6.45, 7) is 2.42. The fourth-order valence-electron chi connectivity index (χ4n) is 2.23. The normalized spacial score (nSPS) is 17.9. The van der Waals surface area contributed by atoms with E-state index in [-0.39, 0.29) is 17.4 Å². The molecule has 122 valence electrons. The van der Waals surface area contributed by atoms with Crippen LogP contribution in [0.3, 0.4) is 0 Å². The van der Waals surface area contributed by atoms with E-state index in [9.17, 15) is 15.0 Å². The van der Waals surface area contributed by atoms with Crippen LogP contribution >= 0.6 is 11.8 Å². The maximum Gasteiger partial charge on any atom is 0.266 e. The minimum absolute atomic E-state index is 0.0897. The molecular formula is C18H16N2O3S. The largest absolute Gasteiger partial charge is 0.508 e. The first-order chi connectivity index (χ1) is 11.6. The molecule has 0 bridgehead atoms. The van der Waals surface area contributed by atoms with Crippen LogP contribution in [0.1, 0.15) is 12.5 Å². The van der Waals surface area contributed by atoms with Crippen molar-refractivity contribution < 1.29 is 15.0 Å². The molecule has 1 fully saturated rings. The lowest BCUT2D eigenvalue weighted by molar-refractivity contribution is -0.122. The standard InChI is InChI=1S/C18H16N2O3S/c1-2-20-17(23)16(11-12-3-7-14(21)8-4-12)24-18(20)19-13-5-9-15(22)10-6-13/h3-11,21-22H,2H2,1H3/b16-11-,19-18?. The van der Waals surface area contributed by atoms with Crippen molar-refractivity contribution in [2.45, 2.75) is 6.92 Å². The van der Waals surface area contributed by atoms with Gasteiger partial charge in [-0.3, -0.25) is 9.69 Å². The van der Waals surface area contributed by atoms with E-state index in [0.29, 0.717) is 22.3 Å². The number of rotatable bonds is 3. The Balaban J connectivity index is 1.91. The molecule has 24 heavy (non-hydrogen) atoms. The zero-order valence-corrected chi connectivity index (χ0v) is 13.8. The number of hydrogen-bond donors (Lipinski definition) is 2. The summed E-state index contributed by atoms with van der Waals surface area (Å²) in [5.41, 5.74) is 1.51. The molecule has 2 N–H and O–H groups in total. The van der Waals surface area contributed by atoms with E-state index in [0.717, 1.165) is 5.56 Å². The van der Waals surface area contributed by atoms with E-state index in [1.807, 2.05) is 6.92 Å². The van der Waals surface area contributed by atoms with Gasteiger partial charge in [0.1, 0.15) is 11.5 Å². The Bertz CT molecular complexity index is 811. The number of aromatic hydroxyl groups is 2. The number of likely N-dealkylation sites (N-methyl/N-ethyl adjacent to an activating group) is 1. The van der Waals surface area contributed by atoms with Crippen LogP contribution in [0.5, 0.6) is 11.5 Å². The molecule has 0 aromatic heterocycles. The highest BCUT2D eigenvalue weighted by molar-refractivity contribution is 8.18. The fraction of sp³-hybridized carbons (Fsp3) is 0.111. The van der Waals surface area contributed by atoms with Crippen molar-refractivity contribution in [1.29, 1.82) is 0 Å². The first-order valence-electron chi connectivity index (χ1n) is 7.45. The molecule has 0 spiro atoms. The van der Waals surface area contributed by atoms with Crippen LogP contribution in [-0.4, -0.2) is 32.7 Å². The second-order valence-electron chi connectivity index (χ2n) is 5.16. The topological polar surface area (TPSA) is 73.1 Å². The van der Waals surface area contributed by atoms with Gasteiger partial charge >= 0.3 is 0 Å². The molecule has 1 amide bonds. The minimum atomic E-state index is -0.0897. The van der Waals surface area contributed by atoms with Crippen molar-refractivity contribution in [2.24, 2.45) is 4.99 Å². The number of thioether (sulfide) groups is 1. The SMILES string of the molecule is CCN1C(=O)/C(=C/c2ccc(O)cc2)SC1=Nc1ccc(O)cc1. The Morgan fingerprint density at radius 2 is 1.62 bits per heavy atom. The average molecular weight is 340 g/mol. The summed E-state index contributed by atoms with van der Waals surface area (Å²) in [7, 11) is 0. The number of hydrogen-bond acceptors (Lipinski definition) is 5. The second-order valence-corrected chi connectivity index (χ2v) is 6.17. The van der Waals surface area contributed by atoms with Gasteiger partial charge in [-0.25, -0.2) is 4.99 Å². The molecule has 2 aromatic rings. The molecule has 0 unspecified atom stereocenters. The lowest BCUT2D eigenvalue weighted by Crippen LogP contribution is -2.28. The van der Waals surface area contributed by atoms with Gasteiger partial charge < -0.3 is 10.2 Å². The van der Waals surface area contributed by atoms with Gasteiger partial charge in [0, 0.05) is 6.54 Å². The van der Waals surface area contributed by atoms with Gasteiger partial charge in [0.25, 0.3) is 5.91 Å². The molecule has 1 heterocycles. The molecule has 0 saturated carbocycles. The predicted molar refractivity (Wildman–Crippen MR) is 96.3 cm³/mol. The highest BCUT2D eigenvalue weighted by Crippen LogP contribution is 2.34. The smallest absolute Gasteiger partial charge is 0.266 e. The van der Waals surface area contributed by atoms with Crippen LogP contribution in [0.4, 0.5) is 5.69 Å². The van der Waals surface area contributed by atoms with E-state index in [1.54, 1.807) is 59.5 Å². The Kier molecular flexibility index (Phi) is 4.57. The van der Waals surface area contributed by atoms with E-state index < -0.39 is 0 Å². The molecule has 2 aromatic carbocycles. The molecular weight excluding hydrogens is 324 g/mol. The maximum atomic E-state index is 12.5. The first-order valence-corrected chi connectivity index (χ1v) is 8.26. The third-order valence-electron chi connectivity index (χ3n) is 3.47. The summed E-state index contributed by atoms with van der Waals surface area (Å²) in [5, 5.41) is 19.3. The highest BCUT2D eigenvalue weighted by atomic mass is 32.2. The third kappa shape index (κ3) is 3.44. The zero-order chi connectivity index (χ0) is 17.1. The Morgan fingerprint density at radius 3 is 2.21 bits per heavy atom. The maximum absolute atomic E-state index is 12.5. The van der Waals surface area contributed by atoms with Gasteiger partial charge in [-0.1, -0.05) is 12.1 Å². The lowest BCUT2D eigenvalue weighted by atomic mass is 10.2. The number of carbonyl (C=O) groups is 1. The van der Waals surface area contributed by atoms with E-state index >= 15 is 0 Å². The summed E-state index contributed by atoms with van der Waals surface area (Å²) < 4.78 is 0. The Labute approximate surface area is 144 Å². The number of amidine groups is 1. The van der Waals surface area contributed by atoms with Gasteiger partial charge in [-0.05, 0) is 66.7 Å². The van der Waals surface area contributed by atoms with E-state index in [1.165, 1.54) is 11.8 Å². The fourth-order valence-corrected chi connectivity index (χ4v) is 3.29. The van der Waals surface area contributed by atoms with Crippen LogP contribution in [0.25, 0.3) is 6.08 Å². The second kappa shape index (κ2) is 6.80. The first kappa shape index (κ1) is 16.1. The number of phenolic OH excluding ortho intramolecular Hbond substituents is 2. The minimum Gasteiger partial charge on any atom is -0.508 e. The lowest BCUT2D eigenvalue weighted by Gasteiger charge is -2.11. The molecule has 6 heteroatoms. The van der Waals surface area contributed by atoms with Gasteiger partial charge in [0.2, 0.25) is 0 Å². The summed E-state index contributed by atoms with van der Waals surface area (Å²) >= 11 is 1.31. The molecule has 3 rings (SSSR count). The van der Waals surface area contributed by atoms with Crippen molar-refractivity contribution in [3.05, 3.63) is 59.0 Å². The van der Waals surface area contributed by atoms with Crippen LogP contribution < -0.4 is 0 Å². The summed E-state index contributed by atoms with van der Waals surface area (Å²) in [6, 6.07) is 13.2. The van der Waals surface area contributed by atoms with Gasteiger partial charge in [0.15, 0.2) is 5.17 Å². The van der Waals surface area contributed by atoms with Crippen molar-refractivity contribution in [3.63, 3.8) is 0 Å². The average Bonchev–Trinajstić information content (AvgIpc) is 2.86. The van der Waals surface area contributed by atoms with E-state index in [2.05, 4.69) is 4.99 Å². The van der Waals surface area contributed by atoms with Crippen LogP contribution in [-0.2, 0) is 4.79 Å². The monoisotopic (exact) mass is 340 g/mol. The molecule has 1 aliphatic heterocycles. The van der Waals surface area contributed by atoms with Gasteiger partial charge in [-0.15, -0.1) is 0 Å². The molecule has 1 saturated heterocycles. The van der Waals surface area contributed by atoms with E-state index in [4.69, 9.17) is 0 Å². The third-order valence-corrected chi connectivity index (χ3v) is 4.48. The molecule has 1 aliphatic rings. The quantitative estimate of drug-likeness (QED) is 0.835. The summed E-state index contributed by atoms with van der Waals surface area (Å²) in [4.78, 5) is 19.2. The number of aliphatic imine (C=N–C) groups is 1. The highest BCUT2D eigenvalue weighted by Gasteiger charge is 2.32. The molecule has 5 nitrogen and oxygen atoms in total. The van der Waals surface area contributed by atoms with Crippen molar-refractivity contribution in [3.8, 4) is 11.5 Å². The van der Waals surface area contributed by atoms with Gasteiger partial charge in [0.05, 0.1) is 10.6 Å². The predicted octanol–water partition coefficient (Wildman–Crippen LogP) is 3.72. The van der Waals surface area contributed by atoms with Crippen LogP contribution in [0.15, 0.2) is 58.4 Å². The van der Waals surface area contributed by atoms with Crippen molar-refractivity contribution in [1.82, 2.24) is 4.90 Å². The number of amides is 1. The Morgan fingerprint density at radius 1 is 1.04 bits per heavy atom. The molecule has 0 radical (unpaired) electrons.